The number of urea groups is 1. The smallest absolute Gasteiger partial charge is 0.321 e. The van der Waals surface area contributed by atoms with Gasteiger partial charge >= 0.3 is 12.0 Å². The van der Waals surface area contributed by atoms with Crippen LogP contribution in [-0.2, 0) is 15.6 Å². The van der Waals surface area contributed by atoms with E-state index >= 15 is 0 Å². The minimum atomic E-state index is -0.911. The van der Waals surface area contributed by atoms with E-state index in [4.69, 9.17) is 5.11 Å². The number of fused-ring (bicyclic) bond motifs is 1. The first-order valence-electron chi connectivity index (χ1n) is 7.92. The SMILES string of the molecule is CN(CCC(=O)O)C(=O)Nc1ccc2c(c1)C(C)(C)CC2(C)C. The molecule has 126 valence electrons. The van der Waals surface area contributed by atoms with E-state index in [0.29, 0.717) is 0 Å². The fourth-order valence-corrected chi connectivity index (χ4v) is 3.65. The highest BCUT2D eigenvalue weighted by Gasteiger charge is 2.41. The molecule has 0 radical (unpaired) electrons. The normalized spacial score (nSPS) is 17.4. The zero-order valence-electron chi connectivity index (χ0n) is 14.6. The Balaban J connectivity index is 2.14. The number of nitrogens with zero attached hydrogens (tertiary/aromatic N) is 1. The quantitative estimate of drug-likeness (QED) is 0.891. The molecule has 23 heavy (non-hydrogen) atoms. The molecule has 0 heterocycles. The number of hydrogen-bond donors (Lipinski definition) is 2. The molecule has 1 aliphatic carbocycles. The number of rotatable bonds is 4. The molecule has 0 aromatic heterocycles. The number of carboxylic acid groups (broad SMARTS) is 1. The highest BCUT2D eigenvalue weighted by molar-refractivity contribution is 5.89. The van der Waals surface area contributed by atoms with Crippen LogP contribution in [0.25, 0.3) is 0 Å². The third-order valence-electron chi connectivity index (χ3n) is 4.62. The molecule has 1 aliphatic rings. The minimum absolute atomic E-state index is 0.0602. The molecule has 2 N–H and O–H groups in total. The van der Waals surface area contributed by atoms with Gasteiger partial charge in [0.25, 0.3) is 0 Å². The van der Waals surface area contributed by atoms with Crippen LogP contribution in [0.5, 0.6) is 0 Å². The molecule has 2 amide bonds. The van der Waals surface area contributed by atoms with Crippen molar-refractivity contribution in [3.05, 3.63) is 29.3 Å². The summed E-state index contributed by atoms with van der Waals surface area (Å²) < 4.78 is 0. The first-order valence-corrected chi connectivity index (χ1v) is 7.92. The Morgan fingerprint density at radius 2 is 1.78 bits per heavy atom. The predicted molar refractivity (Wildman–Crippen MR) is 91.0 cm³/mol. The van der Waals surface area contributed by atoms with Gasteiger partial charge in [-0.2, -0.15) is 0 Å². The Morgan fingerprint density at radius 1 is 1.17 bits per heavy atom. The van der Waals surface area contributed by atoms with Crippen molar-refractivity contribution in [2.45, 2.75) is 51.4 Å². The van der Waals surface area contributed by atoms with Gasteiger partial charge in [0.1, 0.15) is 0 Å². The summed E-state index contributed by atoms with van der Waals surface area (Å²) in [6, 6.07) is 5.77. The predicted octanol–water partition coefficient (Wildman–Crippen LogP) is 3.58. The van der Waals surface area contributed by atoms with E-state index in [1.165, 1.54) is 16.0 Å². The highest BCUT2D eigenvalue weighted by atomic mass is 16.4. The number of aliphatic carboxylic acids is 1. The Bertz CT molecular complexity index is 635. The van der Waals surface area contributed by atoms with Crippen molar-refractivity contribution in [1.82, 2.24) is 4.90 Å². The summed E-state index contributed by atoms with van der Waals surface area (Å²) in [5.74, 6) is -0.911. The van der Waals surface area contributed by atoms with Crippen LogP contribution in [0.1, 0.15) is 51.7 Å². The van der Waals surface area contributed by atoms with E-state index in [2.05, 4.69) is 39.1 Å². The van der Waals surface area contributed by atoms with Gasteiger partial charge < -0.3 is 15.3 Å². The Morgan fingerprint density at radius 3 is 2.39 bits per heavy atom. The van der Waals surface area contributed by atoms with E-state index in [9.17, 15) is 9.59 Å². The van der Waals surface area contributed by atoms with Crippen molar-refractivity contribution in [2.24, 2.45) is 0 Å². The van der Waals surface area contributed by atoms with Gasteiger partial charge in [-0.25, -0.2) is 4.79 Å². The second kappa shape index (κ2) is 5.87. The molecule has 0 spiro atoms. The van der Waals surface area contributed by atoms with Gasteiger partial charge in [0.15, 0.2) is 0 Å². The van der Waals surface area contributed by atoms with Crippen LogP contribution in [0, 0.1) is 0 Å². The fourth-order valence-electron chi connectivity index (χ4n) is 3.65. The number of carbonyl (C=O) groups is 2. The molecule has 5 nitrogen and oxygen atoms in total. The minimum Gasteiger partial charge on any atom is -0.481 e. The lowest BCUT2D eigenvalue weighted by molar-refractivity contribution is -0.137. The van der Waals surface area contributed by atoms with Gasteiger partial charge in [-0.1, -0.05) is 33.8 Å². The molecular weight excluding hydrogens is 292 g/mol. The van der Waals surface area contributed by atoms with Gasteiger partial charge in [-0.3, -0.25) is 4.79 Å². The van der Waals surface area contributed by atoms with Crippen molar-refractivity contribution in [2.75, 3.05) is 18.9 Å². The molecule has 1 aromatic rings. The highest BCUT2D eigenvalue weighted by Crippen LogP contribution is 2.49. The van der Waals surface area contributed by atoms with Gasteiger partial charge in [0.2, 0.25) is 0 Å². The first-order chi connectivity index (χ1) is 10.5. The zero-order valence-corrected chi connectivity index (χ0v) is 14.6. The summed E-state index contributed by atoms with van der Waals surface area (Å²) >= 11 is 0. The number of carbonyl (C=O) groups excluding carboxylic acids is 1. The van der Waals surface area contributed by atoms with Crippen LogP contribution in [0.15, 0.2) is 18.2 Å². The van der Waals surface area contributed by atoms with Crippen LogP contribution in [-0.4, -0.2) is 35.6 Å². The number of amides is 2. The Hall–Kier alpha value is -2.04. The molecule has 0 atom stereocenters. The number of nitrogens with one attached hydrogen (secondary N) is 1. The maximum Gasteiger partial charge on any atom is 0.321 e. The lowest BCUT2D eigenvalue weighted by atomic mass is 9.82. The monoisotopic (exact) mass is 318 g/mol. The summed E-state index contributed by atoms with van der Waals surface area (Å²) in [5.41, 5.74) is 3.57. The van der Waals surface area contributed by atoms with Crippen molar-refractivity contribution in [1.29, 1.82) is 0 Å². The average Bonchev–Trinajstić information content (AvgIpc) is 2.61. The van der Waals surface area contributed by atoms with E-state index in [1.807, 2.05) is 12.1 Å². The van der Waals surface area contributed by atoms with Crippen LogP contribution in [0.2, 0.25) is 0 Å². The maximum atomic E-state index is 12.1. The summed E-state index contributed by atoms with van der Waals surface area (Å²) in [5, 5.41) is 11.5. The standard InChI is InChI=1S/C18H26N2O3/c1-17(2)11-18(3,4)14-10-12(6-7-13(14)17)19-16(23)20(5)9-8-15(21)22/h6-7,10H,8-9,11H2,1-5H3,(H,19,23)(H,21,22). The molecule has 0 aliphatic heterocycles. The second-order valence-corrected chi connectivity index (χ2v) is 7.70. The van der Waals surface area contributed by atoms with E-state index in [-0.39, 0.29) is 29.8 Å². The molecule has 2 rings (SSSR count). The first kappa shape index (κ1) is 17.3. The van der Waals surface area contributed by atoms with Crippen molar-refractivity contribution in [3.63, 3.8) is 0 Å². The van der Waals surface area contributed by atoms with E-state index in [1.54, 1.807) is 7.05 Å². The molecule has 0 saturated heterocycles. The number of hydrogen-bond acceptors (Lipinski definition) is 2. The summed E-state index contributed by atoms with van der Waals surface area (Å²) in [6.07, 6.45) is 1.01. The van der Waals surface area contributed by atoms with Crippen LogP contribution in [0.4, 0.5) is 10.5 Å². The van der Waals surface area contributed by atoms with Gasteiger partial charge in [-0.05, 0) is 40.5 Å². The number of anilines is 1. The summed E-state index contributed by atoms with van der Waals surface area (Å²) in [7, 11) is 1.60. The van der Waals surface area contributed by atoms with E-state index < -0.39 is 5.97 Å². The molecule has 0 bridgehead atoms. The third-order valence-corrected chi connectivity index (χ3v) is 4.62. The van der Waals surface area contributed by atoms with E-state index in [0.717, 1.165) is 12.1 Å². The van der Waals surface area contributed by atoms with Gasteiger partial charge in [-0.15, -0.1) is 0 Å². The topological polar surface area (TPSA) is 69.6 Å². The molecule has 0 unspecified atom stereocenters. The van der Waals surface area contributed by atoms with Crippen LogP contribution < -0.4 is 5.32 Å². The molecule has 1 aromatic carbocycles. The lowest BCUT2D eigenvalue weighted by Crippen LogP contribution is -2.33. The lowest BCUT2D eigenvalue weighted by Gasteiger charge is -2.22. The molecular formula is C18H26N2O3. The Labute approximate surface area is 137 Å². The van der Waals surface area contributed by atoms with Gasteiger partial charge in [0, 0.05) is 19.3 Å². The summed E-state index contributed by atoms with van der Waals surface area (Å²) in [6.45, 7) is 9.14. The Kier molecular flexibility index (Phi) is 4.42. The van der Waals surface area contributed by atoms with Crippen molar-refractivity contribution < 1.29 is 14.7 Å². The molecule has 5 heteroatoms. The number of carboxylic acids is 1. The van der Waals surface area contributed by atoms with Gasteiger partial charge in [0.05, 0.1) is 6.42 Å². The summed E-state index contributed by atoms with van der Waals surface area (Å²) in [4.78, 5) is 24.1. The zero-order chi connectivity index (χ0) is 17.4. The number of benzene rings is 1. The fraction of sp³-hybridized carbons (Fsp3) is 0.556. The molecule has 0 fully saturated rings. The molecule has 0 saturated carbocycles. The maximum absolute atomic E-state index is 12.1. The average molecular weight is 318 g/mol. The van der Waals surface area contributed by atoms with Crippen LogP contribution in [0.3, 0.4) is 0 Å². The van der Waals surface area contributed by atoms with Crippen LogP contribution >= 0.6 is 0 Å². The second-order valence-electron chi connectivity index (χ2n) is 7.70. The largest absolute Gasteiger partial charge is 0.481 e. The van der Waals surface area contributed by atoms with Crippen molar-refractivity contribution in [3.8, 4) is 0 Å². The third kappa shape index (κ3) is 3.66. The van der Waals surface area contributed by atoms with Crippen molar-refractivity contribution >= 4 is 17.7 Å².